The van der Waals surface area contributed by atoms with Gasteiger partial charge < -0.3 is 10.0 Å². The average Bonchev–Trinajstić information content (AvgIpc) is 2.44. The summed E-state index contributed by atoms with van der Waals surface area (Å²) < 4.78 is 40.1. The van der Waals surface area contributed by atoms with E-state index < -0.39 is 22.4 Å². The molecule has 0 fully saturated rings. The number of aliphatic hydroxyl groups is 1. The van der Waals surface area contributed by atoms with E-state index in [0.29, 0.717) is 6.54 Å². The molecule has 0 radical (unpaired) electrons. The molecule has 0 heterocycles. The minimum Gasteiger partial charge on any atom is -0.384 e. The predicted molar refractivity (Wildman–Crippen MR) is 78.7 cm³/mol. The fraction of sp³-hybridized carbons (Fsp3) is 0.429. The molecule has 5 nitrogen and oxygen atoms in total. The minimum absolute atomic E-state index is 0.0281. The number of rotatable bonds is 6. The van der Waals surface area contributed by atoms with E-state index in [2.05, 4.69) is 16.6 Å². The van der Waals surface area contributed by atoms with Crippen LogP contribution >= 0.6 is 0 Å². The van der Waals surface area contributed by atoms with Crippen LogP contribution in [-0.2, 0) is 10.0 Å². The largest absolute Gasteiger partial charge is 0.384 e. The van der Waals surface area contributed by atoms with E-state index in [0.717, 1.165) is 18.7 Å². The first kappa shape index (κ1) is 17.6. The molecule has 0 aliphatic heterocycles. The molecular formula is C14H19FN2O3S. The van der Waals surface area contributed by atoms with E-state index in [1.807, 2.05) is 18.9 Å². The quantitative estimate of drug-likeness (QED) is 0.746. The Labute approximate surface area is 124 Å². The van der Waals surface area contributed by atoms with Gasteiger partial charge in [-0.2, -0.15) is 0 Å². The lowest BCUT2D eigenvalue weighted by atomic mass is 10.2. The Morgan fingerprint density at radius 2 is 2.14 bits per heavy atom. The summed E-state index contributed by atoms with van der Waals surface area (Å²) in [5, 5.41) is 8.68. The van der Waals surface area contributed by atoms with Gasteiger partial charge in [-0.1, -0.05) is 18.8 Å². The molecule has 0 unspecified atom stereocenters. The number of nitrogens with one attached hydrogen (secondary N) is 1. The number of nitrogens with zero attached hydrogens (tertiary/aromatic N) is 1. The summed E-state index contributed by atoms with van der Waals surface area (Å²) in [5.74, 6) is 4.20. The van der Waals surface area contributed by atoms with Gasteiger partial charge in [0, 0.05) is 18.7 Å². The van der Waals surface area contributed by atoms with Gasteiger partial charge in [0.2, 0.25) is 10.0 Å². The topological polar surface area (TPSA) is 69.6 Å². The molecule has 0 aliphatic carbocycles. The van der Waals surface area contributed by atoms with Crippen LogP contribution in [0.4, 0.5) is 4.39 Å². The Morgan fingerprint density at radius 3 is 2.76 bits per heavy atom. The Hall–Kier alpha value is -1.46. The van der Waals surface area contributed by atoms with Crippen molar-refractivity contribution in [3.8, 4) is 11.8 Å². The van der Waals surface area contributed by atoms with Gasteiger partial charge in [0.05, 0.1) is 4.90 Å². The van der Waals surface area contributed by atoms with E-state index in [9.17, 15) is 12.8 Å². The highest BCUT2D eigenvalue weighted by Crippen LogP contribution is 2.16. The molecule has 1 aromatic rings. The predicted octanol–water partition coefficient (Wildman–Crippen LogP) is 0.400. The summed E-state index contributed by atoms with van der Waals surface area (Å²) in [6.45, 7) is 3.17. The van der Waals surface area contributed by atoms with Crippen LogP contribution < -0.4 is 4.72 Å². The zero-order chi connectivity index (χ0) is 15.9. The van der Waals surface area contributed by atoms with Gasteiger partial charge in [0.25, 0.3) is 0 Å². The summed E-state index contributed by atoms with van der Waals surface area (Å²) >= 11 is 0. The second-order valence-corrected chi connectivity index (χ2v) is 6.13. The van der Waals surface area contributed by atoms with Crippen molar-refractivity contribution in [2.75, 3.05) is 33.3 Å². The van der Waals surface area contributed by atoms with Crippen molar-refractivity contribution >= 4 is 10.0 Å². The first-order valence-electron chi connectivity index (χ1n) is 6.48. The summed E-state index contributed by atoms with van der Waals surface area (Å²) in [5.41, 5.74) is 0.0281. The molecule has 7 heteroatoms. The summed E-state index contributed by atoms with van der Waals surface area (Å²) in [7, 11) is -1.89. The second-order valence-electron chi connectivity index (χ2n) is 4.39. The number of benzene rings is 1. The lowest BCUT2D eigenvalue weighted by Crippen LogP contribution is -2.33. The number of halogens is 1. The van der Waals surface area contributed by atoms with E-state index in [-0.39, 0.29) is 17.0 Å². The molecular weight excluding hydrogens is 295 g/mol. The lowest BCUT2D eigenvalue weighted by Gasteiger charge is -2.14. The SMILES string of the molecule is CCN(C)CCNS(=O)(=O)c1ccc(F)cc1C#CCO. The maximum atomic E-state index is 13.2. The maximum absolute atomic E-state index is 13.2. The number of likely N-dealkylation sites (N-methyl/N-ethyl adjacent to an activating group) is 1. The zero-order valence-electron chi connectivity index (χ0n) is 12.1. The van der Waals surface area contributed by atoms with Gasteiger partial charge in [0.1, 0.15) is 12.4 Å². The molecule has 0 saturated heterocycles. The average molecular weight is 314 g/mol. The number of hydrogen-bond donors (Lipinski definition) is 2. The van der Waals surface area contributed by atoms with Crippen LogP contribution in [0.15, 0.2) is 23.1 Å². The highest BCUT2D eigenvalue weighted by Gasteiger charge is 2.18. The van der Waals surface area contributed by atoms with Gasteiger partial charge in [0.15, 0.2) is 0 Å². The third kappa shape index (κ3) is 5.44. The third-order valence-electron chi connectivity index (χ3n) is 2.86. The van der Waals surface area contributed by atoms with Gasteiger partial charge in [-0.15, -0.1) is 0 Å². The first-order valence-corrected chi connectivity index (χ1v) is 7.96. The van der Waals surface area contributed by atoms with E-state index in [4.69, 9.17) is 5.11 Å². The van der Waals surface area contributed by atoms with Crippen LogP contribution in [0, 0.1) is 17.7 Å². The zero-order valence-corrected chi connectivity index (χ0v) is 12.9. The third-order valence-corrected chi connectivity index (χ3v) is 4.38. The Bertz CT molecular complexity index is 635. The number of hydrogen-bond acceptors (Lipinski definition) is 4. The van der Waals surface area contributed by atoms with Crippen LogP contribution in [0.5, 0.6) is 0 Å². The number of sulfonamides is 1. The Morgan fingerprint density at radius 1 is 1.43 bits per heavy atom. The normalized spacial score (nSPS) is 11.3. The molecule has 1 aromatic carbocycles. The van der Waals surface area contributed by atoms with Crippen molar-refractivity contribution in [3.63, 3.8) is 0 Å². The van der Waals surface area contributed by atoms with Crippen molar-refractivity contribution in [2.24, 2.45) is 0 Å². The van der Waals surface area contributed by atoms with E-state index >= 15 is 0 Å². The Balaban J connectivity index is 2.97. The standard InChI is InChI=1S/C14H19FN2O3S/c1-3-17(2)9-8-16-21(19,20)14-7-6-13(15)11-12(14)5-4-10-18/h6-7,11,16,18H,3,8-10H2,1-2H3. The van der Waals surface area contributed by atoms with E-state index in [1.165, 1.54) is 6.07 Å². The van der Waals surface area contributed by atoms with Crippen molar-refractivity contribution in [3.05, 3.63) is 29.6 Å². The highest BCUT2D eigenvalue weighted by atomic mass is 32.2. The first-order chi connectivity index (χ1) is 9.90. The Kier molecular flexibility index (Phi) is 6.78. The molecule has 1 rings (SSSR count). The van der Waals surface area contributed by atoms with Gasteiger partial charge in [-0.25, -0.2) is 17.5 Å². The number of aliphatic hydroxyl groups excluding tert-OH is 1. The van der Waals surface area contributed by atoms with Gasteiger partial charge in [-0.3, -0.25) is 0 Å². The van der Waals surface area contributed by atoms with Crippen LogP contribution in [0.1, 0.15) is 12.5 Å². The fourth-order valence-electron chi connectivity index (χ4n) is 1.58. The molecule has 0 aliphatic rings. The van der Waals surface area contributed by atoms with Crippen molar-refractivity contribution < 1.29 is 17.9 Å². The second kappa shape index (κ2) is 8.10. The summed E-state index contributed by atoms with van der Waals surface area (Å²) in [6.07, 6.45) is 0. The van der Waals surface area contributed by atoms with Crippen LogP contribution in [0.2, 0.25) is 0 Å². The van der Waals surface area contributed by atoms with Crippen molar-refractivity contribution in [1.29, 1.82) is 0 Å². The molecule has 116 valence electrons. The smallest absolute Gasteiger partial charge is 0.241 e. The monoisotopic (exact) mass is 314 g/mol. The van der Waals surface area contributed by atoms with Crippen LogP contribution in [0.25, 0.3) is 0 Å². The molecule has 2 N–H and O–H groups in total. The van der Waals surface area contributed by atoms with Gasteiger partial charge >= 0.3 is 0 Å². The van der Waals surface area contributed by atoms with Crippen molar-refractivity contribution in [2.45, 2.75) is 11.8 Å². The molecule has 0 bridgehead atoms. The minimum atomic E-state index is -3.77. The summed E-state index contributed by atoms with van der Waals surface area (Å²) in [4.78, 5) is 1.86. The fourth-order valence-corrected chi connectivity index (χ4v) is 2.74. The van der Waals surface area contributed by atoms with Gasteiger partial charge in [-0.05, 0) is 31.8 Å². The molecule has 0 aromatic heterocycles. The molecule has 0 spiro atoms. The maximum Gasteiger partial charge on any atom is 0.241 e. The van der Waals surface area contributed by atoms with Crippen molar-refractivity contribution in [1.82, 2.24) is 9.62 Å². The molecule has 0 atom stereocenters. The van der Waals surface area contributed by atoms with Crippen LogP contribution in [-0.4, -0.2) is 51.7 Å². The highest BCUT2D eigenvalue weighted by molar-refractivity contribution is 7.89. The van der Waals surface area contributed by atoms with E-state index in [1.54, 1.807) is 0 Å². The van der Waals surface area contributed by atoms with Crippen LogP contribution in [0.3, 0.4) is 0 Å². The molecule has 0 saturated carbocycles. The molecule has 0 amide bonds. The molecule has 21 heavy (non-hydrogen) atoms. The lowest BCUT2D eigenvalue weighted by molar-refractivity contribution is 0.350. The summed E-state index contributed by atoms with van der Waals surface area (Å²) in [6, 6.07) is 3.27.